The molecule has 30 heavy (non-hydrogen) atoms. The number of nitrogens with zero attached hydrogens (tertiary/aromatic N) is 2. The number of carbonyl (C=O) groups is 2. The molecule has 0 bridgehead atoms. The number of benzene rings is 2. The van der Waals surface area contributed by atoms with Crippen LogP contribution >= 0.6 is 0 Å². The van der Waals surface area contributed by atoms with Gasteiger partial charge in [-0.05, 0) is 36.4 Å². The van der Waals surface area contributed by atoms with Crippen LogP contribution in [0.2, 0.25) is 0 Å². The summed E-state index contributed by atoms with van der Waals surface area (Å²) in [7, 11) is 1.57. The number of fused-ring (bicyclic) bond motifs is 1. The predicted octanol–water partition coefficient (Wildman–Crippen LogP) is 1.48. The number of ether oxygens (including phenoxy) is 2. The second kappa shape index (κ2) is 9.04. The summed E-state index contributed by atoms with van der Waals surface area (Å²) in [5.74, 6) is 0.232. The molecule has 158 valence electrons. The van der Waals surface area contributed by atoms with Crippen LogP contribution in [-0.4, -0.2) is 64.4 Å². The van der Waals surface area contributed by atoms with Gasteiger partial charge < -0.3 is 29.9 Å². The Morgan fingerprint density at radius 3 is 2.53 bits per heavy atom. The van der Waals surface area contributed by atoms with Gasteiger partial charge in [-0.3, -0.25) is 9.59 Å². The molecule has 8 nitrogen and oxygen atoms in total. The van der Waals surface area contributed by atoms with Gasteiger partial charge in [0, 0.05) is 31.5 Å². The average Bonchev–Trinajstić information content (AvgIpc) is 2.79. The molecule has 0 saturated carbocycles. The lowest BCUT2D eigenvalue weighted by atomic mass is 10.1. The van der Waals surface area contributed by atoms with Crippen LogP contribution in [0.15, 0.2) is 48.5 Å². The molecule has 2 aromatic rings. The number of hydrogen-bond acceptors (Lipinski definition) is 6. The van der Waals surface area contributed by atoms with Crippen LogP contribution in [0, 0.1) is 0 Å². The number of nitrogens with one attached hydrogen (secondary N) is 2. The minimum absolute atomic E-state index is 0.124. The molecule has 0 unspecified atom stereocenters. The van der Waals surface area contributed by atoms with Crippen molar-refractivity contribution in [1.82, 2.24) is 5.32 Å². The summed E-state index contributed by atoms with van der Waals surface area (Å²) in [4.78, 5) is 28.9. The number of carbonyl (C=O) groups excluding carboxylic acids is 2. The fraction of sp³-hybridized carbons (Fsp3) is 0.364. The van der Waals surface area contributed by atoms with Gasteiger partial charge >= 0.3 is 0 Å². The maximum absolute atomic E-state index is 12.7. The summed E-state index contributed by atoms with van der Waals surface area (Å²) in [5, 5.41) is 5.55. The Hall–Kier alpha value is -3.26. The Morgan fingerprint density at radius 1 is 1.07 bits per heavy atom. The highest BCUT2D eigenvalue weighted by Gasteiger charge is 2.31. The molecule has 2 N–H and O–H groups in total. The van der Waals surface area contributed by atoms with Crippen molar-refractivity contribution in [2.24, 2.45) is 0 Å². The molecule has 0 aliphatic carbocycles. The SMILES string of the molecule is CNC(=O)[C@@H]1CN(CC(=O)Nc2ccc(N3CCOCC3)cc2)c2ccccc2O1. The van der Waals surface area contributed by atoms with Gasteiger partial charge in [-0.2, -0.15) is 0 Å². The highest BCUT2D eigenvalue weighted by atomic mass is 16.5. The van der Waals surface area contributed by atoms with E-state index >= 15 is 0 Å². The zero-order valence-electron chi connectivity index (χ0n) is 17.0. The normalized spacial score (nSPS) is 18.2. The van der Waals surface area contributed by atoms with Gasteiger partial charge in [0.05, 0.1) is 32.0 Å². The first kappa shape index (κ1) is 20.0. The van der Waals surface area contributed by atoms with Gasteiger partial charge in [0.25, 0.3) is 5.91 Å². The molecule has 0 spiro atoms. The van der Waals surface area contributed by atoms with Gasteiger partial charge in [-0.25, -0.2) is 0 Å². The van der Waals surface area contributed by atoms with E-state index in [9.17, 15) is 9.59 Å². The van der Waals surface area contributed by atoms with Crippen molar-refractivity contribution >= 4 is 28.9 Å². The first-order chi connectivity index (χ1) is 14.6. The molecular formula is C22H26N4O4. The van der Waals surface area contributed by atoms with Gasteiger partial charge in [0.1, 0.15) is 5.75 Å². The van der Waals surface area contributed by atoms with E-state index in [2.05, 4.69) is 15.5 Å². The van der Waals surface area contributed by atoms with E-state index in [0.29, 0.717) is 12.3 Å². The van der Waals surface area contributed by atoms with Gasteiger partial charge in [0.15, 0.2) is 6.10 Å². The van der Waals surface area contributed by atoms with E-state index in [1.165, 1.54) is 0 Å². The lowest BCUT2D eigenvalue weighted by molar-refractivity contribution is -0.127. The molecule has 4 rings (SSSR count). The predicted molar refractivity (Wildman–Crippen MR) is 115 cm³/mol. The van der Waals surface area contributed by atoms with Crippen LogP contribution in [0.4, 0.5) is 17.1 Å². The van der Waals surface area contributed by atoms with E-state index in [1.54, 1.807) is 13.1 Å². The van der Waals surface area contributed by atoms with E-state index in [0.717, 1.165) is 43.4 Å². The van der Waals surface area contributed by atoms with Crippen LogP contribution in [0.25, 0.3) is 0 Å². The maximum Gasteiger partial charge on any atom is 0.262 e. The lowest BCUT2D eigenvalue weighted by Gasteiger charge is -2.35. The molecule has 8 heteroatoms. The monoisotopic (exact) mass is 410 g/mol. The topological polar surface area (TPSA) is 83.1 Å². The van der Waals surface area contributed by atoms with E-state index in [4.69, 9.17) is 9.47 Å². The second-order valence-electron chi connectivity index (χ2n) is 7.26. The average molecular weight is 410 g/mol. The highest BCUT2D eigenvalue weighted by Crippen LogP contribution is 2.33. The first-order valence-corrected chi connectivity index (χ1v) is 10.1. The van der Waals surface area contributed by atoms with Crippen molar-refractivity contribution in [2.45, 2.75) is 6.10 Å². The third-order valence-electron chi connectivity index (χ3n) is 5.26. The Morgan fingerprint density at radius 2 is 1.80 bits per heavy atom. The third-order valence-corrected chi connectivity index (χ3v) is 5.26. The zero-order valence-corrected chi connectivity index (χ0v) is 17.0. The maximum atomic E-state index is 12.7. The Balaban J connectivity index is 1.41. The molecule has 1 fully saturated rings. The van der Waals surface area contributed by atoms with Crippen molar-refractivity contribution in [3.05, 3.63) is 48.5 Å². The first-order valence-electron chi connectivity index (χ1n) is 10.1. The number of likely N-dealkylation sites (N-methyl/N-ethyl adjacent to an activating group) is 1. The number of anilines is 3. The van der Waals surface area contributed by atoms with Crippen molar-refractivity contribution < 1.29 is 19.1 Å². The number of rotatable bonds is 5. The van der Waals surface area contributed by atoms with Crippen LogP contribution in [-0.2, 0) is 14.3 Å². The van der Waals surface area contributed by atoms with Crippen LogP contribution in [0.5, 0.6) is 5.75 Å². The van der Waals surface area contributed by atoms with E-state index in [-0.39, 0.29) is 18.4 Å². The molecule has 2 aromatic carbocycles. The summed E-state index contributed by atoms with van der Waals surface area (Å²) >= 11 is 0. The van der Waals surface area contributed by atoms with Crippen molar-refractivity contribution in [1.29, 1.82) is 0 Å². The minimum atomic E-state index is -0.662. The second-order valence-corrected chi connectivity index (χ2v) is 7.26. The molecular weight excluding hydrogens is 384 g/mol. The molecule has 2 heterocycles. The van der Waals surface area contributed by atoms with Crippen molar-refractivity contribution in [3.63, 3.8) is 0 Å². The molecule has 2 aliphatic rings. The quantitative estimate of drug-likeness (QED) is 0.777. The largest absolute Gasteiger partial charge is 0.477 e. The van der Waals surface area contributed by atoms with Crippen LogP contribution < -0.4 is 25.2 Å². The number of morpholine rings is 1. The molecule has 2 aliphatic heterocycles. The number of amides is 2. The number of hydrogen-bond donors (Lipinski definition) is 2. The fourth-order valence-corrected chi connectivity index (χ4v) is 3.71. The summed E-state index contributed by atoms with van der Waals surface area (Å²) in [6, 6.07) is 15.3. The Kier molecular flexibility index (Phi) is 6.04. The summed E-state index contributed by atoms with van der Waals surface area (Å²) in [6.07, 6.45) is -0.662. The van der Waals surface area contributed by atoms with Crippen molar-refractivity contribution in [2.75, 3.05) is 61.6 Å². The Bertz CT molecular complexity index is 896. The van der Waals surface area contributed by atoms with Crippen LogP contribution in [0.3, 0.4) is 0 Å². The zero-order chi connectivity index (χ0) is 20.9. The van der Waals surface area contributed by atoms with Gasteiger partial charge in [-0.15, -0.1) is 0 Å². The minimum Gasteiger partial charge on any atom is -0.477 e. The molecule has 1 atom stereocenters. The van der Waals surface area contributed by atoms with Crippen LogP contribution in [0.1, 0.15) is 0 Å². The molecule has 2 amide bonds. The summed E-state index contributed by atoms with van der Waals surface area (Å²) in [5.41, 5.74) is 2.66. The molecule has 1 saturated heterocycles. The van der Waals surface area contributed by atoms with E-state index in [1.807, 2.05) is 47.4 Å². The number of para-hydroxylation sites is 2. The van der Waals surface area contributed by atoms with Gasteiger partial charge in [0.2, 0.25) is 5.91 Å². The summed E-state index contributed by atoms with van der Waals surface area (Å²) < 4.78 is 11.2. The third kappa shape index (κ3) is 4.49. The fourth-order valence-electron chi connectivity index (χ4n) is 3.71. The molecule has 0 aromatic heterocycles. The smallest absolute Gasteiger partial charge is 0.262 e. The lowest BCUT2D eigenvalue weighted by Crippen LogP contribution is -2.50. The van der Waals surface area contributed by atoms with Gasteiger partial charge in [-0.1, -0.05) is 12.1 Å². The molecule has 0 radical (unpaired) electrons. The Labute approximate surface area is 175 Å². The summed E-state index contributed by atoms with van der Waals surface area (Å²) in [6.45, 7) is 3.63. The highest BCUT2D eigenvalue weighted by molar-refractivity contribution is 5.95. The van der Waals surface area contributed by atoms with E-state index < -0.39 is 6.10 Å². The standard InChI is InChI=1S/C22H26N4O4/c1-23-22(28)20-14-26(18-4-2-3-5-19(18)30-20)15-21(27)24-16-6-8-17(9-7-16)25-10-12-29-13-11-25/h2-9,20H,10-15H2,1H3,(H,23,28)(H,24,27)/t20-/m0/s1. The van der Waals surface area contributed by atoms with Crippen molar-refractivity contribution in [3.8, 4) is 5.75 Å².